The molecule has 4 rings (SSSR count). The molecule has 2 aliphatic heterocycles. The van der Waals surface area contributed by atoms with E-state index in [1.807, 2.05) is 7.05 Å². The summed E-state index contributed by atoms with van der Waals surface area (Å²) in [6, 6.07) is 20.1. The minimum Gasteiger partial charge on any atom is -0.369 e. The molecule has 0 aliphatic carbocycles. The van der Waals surface area contributed by atoms with E-state index in [1.54, 1.807) is 0 Å². The average Bonchev–Trinajstić information content (AvgIpc) is 3.32. The van der Waals surface area contributed by atoms with Gasteiger partial charge in [0, 0.05) is 71.1 Å². The van der Waals surface area contributed by atoms with Gasteiger partial charge < -0.3 is 20.4 Å². The van der Waals surface area contributed by atoms with Gasteiger partial charge in [0.05, 0.1) is 0 Å². The zero-order valence-corrected chi connectivity index (χ0v) is 19.6. The number of guanidine groups is 1. The van der Waals surface area contributed by atoms with Gasteiger partial charge in [0.2, 0.25) is 0 Å². The van der Waals surface area contributed by atoms with Crippen LogP contribution in [0.4, 0.5) is 5.69 Å². The molecule has 0 radical (unpaired) electrons. The van der Waals surface area contributed by atoms with E-state index in [0.29, 0.717) is 6.04 Å². The summed E-state index contributed by atoms with van der Waals surface area (Å²) in [5.74, 6) is 0.878. The molecule has 2 aliphatic rings. The molecule has 0 saturated carbocycles. The molecule has 2 fully saturated rings. The number of anilines is 1. The number of nitrogens with one attached hydrogen (secondary N) is 2. The molecule has 0 bridgehead atoms. The van der Waals surface area contributed by atoms with Crippen molar-refractivity contribution in [2.75, 3.05) is 57.8 Å². The molecule has 2 aromatic rings. The van der Waals surface area contributed by atoms with E-state index >= 15 is 0 Å². The molecule has 1 unspecified atom stereocenters. The fraction of sp³-hybridized carbons (Fsp3) is 0.500. The number of benzene rings is 2. The first-order valence-corrected chi connectivity index (χ1v) is 12.0. The van der Waals surface area contributed by atoms with E-state index < -0.39 is 0 Å². The molecule has 6 nitrogen and oxygen atoms in total. The smallest absolute Gasteiger partial charge is 0.191 e. The average molecular weight is 435 g/mol. The summed E-state index contributed by atoms with van der Waals surface area (Å²) in [6.45, 7) is 12.0. The Morgan fingerprint density at radius 1 is 0.906 bits per heavy atom. The summed E-state index contributed by atoms with van der Waals surface area (Å²) < 4.78 is 0. The molecule has 2 aromatic carbocycles. The lowest BCUT2D eigenvalue weighted by molar-refractivity contribution is 0.132. The Balaban J connectivity index is 1.20. The predicted molar refractivity (Wildman–Crippen MR) is 134 cm³/mol. The third-order valence-electron chi connectivity index (χ3n) is 6.68. The lowest BCUT2D eigenvalue weighted by Crippen LogP contribution is -2.45. The molecule has 0 amide bonds. The van der Waals surface area contributed by atoms with Gasteiger partial charge in [0.15, 0.2) is 5.96 Å². The largest absolute Gasteiger partial charge is 0.369 e. The van der Waals surface area contributed by atoms with Crippen LogP contribution in [0.5, 0.6) is 0 Å². The maximum atomic E-state index is 4.44. The fourth-order valence-electron chi connectivity index (χ4n) is 4.61. The Morgan fingerprint density at radius 2 is 1.59 bits per heavy atom. The molecule has 172 valence electrons. The maximum Gasteiger partial charge on any atom is 0.191 e. The predicted octanol–water partition coefficient (Wildman–Crippen LogP) is 2.77. The van der Waals surface area contributed by atoms with Crippen molar-refractivity contribution >= 4 is 11.6 Å². The molecule has 2 N–H and O–H groups in total. The number of nitrogens with zero attached hydrogens (tertiary/aromatic N) is 4. The van der Waals surface area contributed by atoms with Crippen molar-refractivity contribution in [2.45, 2.75) is 32.5 Å². The summed E-state index contributed by atoms with van der Waals surface area (Å²) in [5, 5.41) is 7.08. The molecule has 0 aromatic heterocycles. The Morgan fingerprint density at radius 3 is 2.28 bits per heavy atom. The number of piperazine rings is 1. The second-order valence-corrected chi connectivity index (χ2v) is 8.86. The van der Waals surface area contributed by atoms with Gasteiger partial charge >= 0.3 is 0 Å². The van der Waals surface area contributed by atoms with Crippen LogP contribution < -0.4 is 15.5 Å². The van der Waals surface area contributed by atoms with Gasteiger partial charge in [-0.25, -0.2) is 0 Å². The van der Waals surface area contributed by atoms with Crippen LogP contribution in [0.25, 0.3) is 0 Å². The first kappa shape index (κ1) is 22.6. The standard InChI is InChI=1S/C26H38N6/c1-3-30-15-17-31(18-16-30)20-23-11-9-22(10-12-23)19-28-26(27-2)29-24-13-14-32(21-24)25-7-5-4-6-8-25/h4-12,24H,3,13-21H2,1-2H3,(H2,27,28,29). The second-order valence-electron chi connectivity index (χ2n) is 8.86. The van der Waals surface area contributed by atoms with Crippen LogP contribution in [0.15, 0.2) is 59.6 Å². The first-order valence-electron chi connectivity index (χ1n) is 12.0. The van der Waals surface area contributed by atoms with Gasteiger partial charge in [-0.3, -0.25) is 9.89 Å². The van der Waals surface area contributed by atoms with Gasteiger partial charge in [0.25, 0.3) is 0 Å². The molecular weight excluding hydrogens is 396 g/mol. The van der Waals surface area contributed by atoms with Crippen LogP contribution >= 0.6 is 0 Å². The van der Waals surface area contributed by atoms with E-state index in [-0.39, 0.29) is 0 Å². The normalized spacial score (nSPS) is 20.5. The van der Waals surface area contributed by atoms with Crippen molar-refractivity contribution in [3.63, 3.8) is 0 Å². The number of hydrogen-bond donors (Lipinski definition) is 2. The van der Waals surface area contributed by atoms with Crippen molar-refractivity contribution < 1.29 is 0 Å². The Labute approximate surface area is 193 Å². The highest BCUT2D eigenvalue weighted by Crippen LogP contribution is 2.19. The molecule has 2 saturated heterocycles. The highest BCUT2D eigenvalue weighted by Gasteiger charge is 2.23. The van der Waals surface area contributed by atoms with Crippen molar-refractivity contribution in [3.8, 4) is 0 Å². The lowest BCUT2D eigenvalue weighted by Gasteiger charge is -2.34. The first-order chi connectivity index (χ1) is 15.7. The molecule has 2 heterocycles. The van der Waals surface area contributed by atoms with E-state index in [2.05, 4.69) is 91.8 Å². The van der Waals surface area contributed by atoms with Crippen LogP contribution in [0.3, 0.4) is 0 Å². The van der Waals surface area contributed by atoms with Gasteiger partial charge in [-0.2, -0.15) is 0 Å². The van der Waals surface area contributed by atoms with Crippen LogP contribution in [-0.2, 0) is 13.1 Å². The second kappa shape index (κ2) is 11.3. The Bertz CT molecular complexity index is 842. The summed E-state index contributed by atoms with van der Waals surface area (Å²) in [7, 11) is 1.85. The molecule has 32 heavy (non-hydrogen) atoms. The SMILES string of the molecule is CCN1CCN(Cc2ccc(CNC(=NC)NC3CCN(c4ccccc4)C3)cc2)CC1. The number of para-hydroxylation sites is 1. The van der Waals surface area contributed by atoms with Crippen LogP contribution in [0, 0.1) is 0 Å². The fourth-order valence-corrected chi connectivity index (χ4v) is 4.61. The number of likely N-dealkylation sites (N-methyl/N-ethyl adjacent to an activating group) is 1. The zero-order valence-electron chi connectivity index (χ0n) is 19.6. The van der Waals surface area contributed by atoms with Gasteiger partial charge in [-0.05, 0) is 36.2 Å². The van der Waals surface area contributed by atoms with E-state index in [4.69, 9.17) is 0 Å². The van der Waals surface area contributed by atoms with Gasteiger partial charge in [-0.15, -0.1) is 0 Å². The quantitative estimate of drug-likeness (QED) is 0.518. The lowest BCUT2D eigenvalue weighted by atomic mass is 10.1. The van der Waals surface area contributed by atoms with Crippen molar-refractivity contribution in [2.24, 2.45) is 4.99 Å². The monoisotopic (exact) mass is 434 g/mol. The summed E-state index contributed by atoms with van der Waals surface area (Å²) >= 11 is 0. The molecule has 0 spiro atoms. The van der Waals surface area contributed by atoms with Crippen molar-refractivity contribution in [1.29, 1.82) is 0 Å². The third-order valence-corrected chi connectivity index (χ3v) is 6.68. The summed E-state index contributed by atoms with van der Waals surface area (Å²) in [4.78, 5) is 12.0. The molecular formula is C26H38N6. The zero-order chi connectivity index (χ0) is 22.2. The van der Waals surface area contributed by atoms with E-state index in [0.717, 1.165) is 38.6 Å². The minimum absolute atomic E-state index is 0.414. The third kappa shape index (κ3) is 6.24. The number of aliphatic imine (C=N–C) groups is 1. The number of rotatable bonds is 7. The van der Waals surface area contributed by atoms with Crippen LogP contribution in [-0.4, -0.2) is 74.7 Å². The van der Waals surface area contributed by atoms with E-state index in [1.165, 1.54) is 49.5 Å². The van der Waals surface area contributed by atoms with Gasteiger partial charge in [0.1, 0.15) is 0 Å². The minimum atomic E-state index is 0.414. The van der Waals surface area contributed by atoms with Crippen LogP contribution in [0.2, 0.25) is 0 Å². The molecule has 6 heteroatoms. The van der Waals surface area contributed by atoms with Crippen molar-refractivity contribution in [1.82, 2.24) is 20.4 Å². The Hall–Kier alpha value is -2.57. The highest BCUT2D eigenvalue weighted by molar-refractivity contribution is 5.80. The Kier molecular flexibility index (Phi) is 8.02. The van der Waals surface area contributed by atoms with Gasteiger partial charge in [-0.1, -0.05) is 49.4 Å². The summed E-state index contributed by atoms with van der Waals surface area (Å²) in [5.41, 5.74) is 3.98. The molecule has 1 atom stereocenters. The number of hydrogen-bond acceptors (Lipinski definition) is 4. The highest BCUT2D eigenvalue weighted by atomic mass is 15.3. The topological polar surface area (TPSA) is 46.1 Å². The maximum absolute atomic E-state index is 4.44. The summed E-state index contributed by atoms with van der Waals surface area (Å²) in [6.07, 6.45) is 1.12. The van der Waals surface area contributed by atoms with E-state index in [9.17, 15) is 0 Å². The van der Waals surface area contributed by atoms with Crippen molar-refractivity contribution in [3.05, 3.63) is 65.7 Å². The van der Waals surface area contributed by atoms with Crippen LogP contribution in [0.1, 0.15) is 24.5 Å².